The van der Waals surface area contributed by atoms with Gasteiger partial charge in [0.15, 0.2) is 5.43 Å². The van der Waals surface area contributed by atoms with Crippen LogP contribution in [-0.2, 0) is 9.53 Å². The van der Waals surface area contributed by atoms with E-state index >= 15 is 0 Å². The molecule has 6 heteroatoms. The Balaban J connectivity index is 1.86. The van der Waals surface area contributed by atoms with Gasteiger partial charge >= 0.3 is 5.97 Å². The second-order valence-corrected chi connectivity index (χ2v) is 10.9. The number of nitrogens with one attached hydrogen (secondary N) is 1. The largest absolute Gasteiger partial charge is 0.458 e. The molecule has 0 aromatic carbocycles. The molecule has 0 spiro atoms. The Morgan fingerprint density at radius 3 is 2.66 bits per heavy atom. The summed E-state index contributed by atoms with van der Waals surface area (Å²) in [6.07, 6.45) is 6.62. The summed E-state index contributed by atoms with van der Waals surface area (Å²) in [6, 6.07) is 1.30. The second kappa shape index (κ2) is 7.68. The lowest BCUT2D eigenvalue weighted by Gasteiger charge is -2.61. The van der Waals surface area contributed by atoms with Crippen LogP contribution < -0.4 is 5.43 Å². The molecular weight excluding hydrogens is 406 g/mol. The minimum Gasteiger partial charge on any atom is -0.458 e. The fourth-order valence-electron chi connectivity index (χ4n) is 7.27. The molecule has 0 amide bonds. The first-order chi connectivity index (χ1) is 15.0. The van der Waals surface area contributed by atoms with Crippen LogP contribution in [0, 0.1) is 34.0 Å². The summed E-state index contributed by atoms with van der Waals surface area (Å²) in [5.41, 5.74) is -2.08. The number of H-pyrrole nitrogens is 1. The quantitative estimate of drug-likeness (QED) is 0.548. The maximum absolute atomic E-state index is 13.4. The number of aliphatic hydroxyl groups excluding tert-OH is 1. The van der Waals surface area contributed by atoms with Gasteiger partial charge in [0.25, 0.3) is 0 Å². The number of pyridine rings is 1. The Labute approximate surface area is 189 Å². The van der Waals surface area contributed by atoms with Crippen molar-refractivity contribution in [3.05, 3.63) is 46.9 Å². The molecule has 2 bridgehead atoms. The smallest absolute Gasteiger partial charge is 0.343 e. The van der Waals surface area contributed by atoms with Crippen molar-refractivity contribution in [2.75, 3.05) is 0 Å². The molecule has 6 nitrogen and oxygen atoms in total. The summed E-state index contributed by atoms with van der Waals surface area (Å²) in [5.74, 6) is -0.710. The van der Waals surface area contributed by atoms with E-state index in [1.165, 1.54) is 18.5 Å². The summed E-state index contributed by atoms with van der Waals surface area (Å²) >= 11 is 0. The van der Waals surface area contributed by atoms with E-state index in [1.54, 1.807) is 6.08 Å². The van der Waals surface area contributed by atoms with Gasteiger partial charge in [0.05, 0.1) is 6.10 Å². The van der Waals surface area contributed by atoms with Crippen LogP contribution in [-0.4, -0.2) is 34.1 Å². The van der Waals surface area contributed by atoms with Crippen LogP contribution in [0.3, 0.4) is 0 Å². The van der Waals surface area contributed by atoms with Crippen molar-refractivity contribution in [3.63, 3.8) is 0 Å². The Morgan fingerprint density at radius 2 is 2.00 bits per heavy atom. The zero-order chi connectivity index (χ0) is 23.5. The predicted molar refractivity (Wildman–Crippen MR) is 121 cm³/mol. The lowest BCUT2D eigenvalue weighted by molar-refractivity contribution is -0.192. The molecule has 0 aliphatic heterocycles. The molecule has 3 aliphatic rings. The molecule has 4 rings (SSSR count). The molecule has 3 unspecified atom stereocenters. The number of aromatic amines is 1. The van der Waals surface area contributed by atoms with E-state index in [2.05, 4.69) is 32.3 Å². The van der Waals surface area contributed by atoms with Crippen molar-refractivity contribution in [2.24, 2.45) is 34.0 Å². The maximum atomic E-state index is 13.4. The van der Waals surface area contributed by atoms with Crippen molar-refractivity contribution in [1.29, 1.82) is 0 Å². The summed E-state index contributed by atoms with van der Waals surface area (Å²) in [5, 5.41) is 11.5. The van der Waals surface area contributed by atoms with Crippen molar-refractivity contribution in [2.45, 2.75) is 72.0 Å². The summed E-state index contributed by atoms with van der Waals surface area (Å²) in [6.45, 7) is 12.3. The van der Waals surface area contributed by atoms with Crippen LogP contribution in [0.25, 0.3) is 0 Å². The number of Topliss-reactive ketones (excluding diaryl/α,β-unsaturated/α-hetero) is 1. The monoisotopic (exact) mass is 441 g/mol. The molecule has 1 aromatic rings. The van der Waals surface area contributed by atoms with Crippen LogP contribution in [0.5, 0.6) is 0 Å². The lowest BCUT2D eigenvalue weighted by atomic mass is 9.44. The molecule has 174 valence electrons. The molecule has 3 saturated carbocycles. The Kier molecular flexibility index (Phi) is 5.51. The number of ether oxygens (including phenoxy) is 1. The first kappa shape index (κ1) is 23.0. The van der Waals surface area contributed by atoms with Crippen molar-refractivity contribution >= 4 is 11.8 Å². The SMILES string of the molecule is C=C[C@]1(C)CC(OC(=O)c2c[nH]ccc2=O)[C@@]2(C)C3C(=O)CCC3(CC[C@H]2C)[C@@H](C)[C@@H]1O. The number of rotatable bonds is 3. The summed E-state index contributed by atoms with van der Waals surface area (Å²) in [7, 11) is 0. The fourth-order valence-corrected chi connectivity index (χ4v) is 7.27. The van der Waals surface area contributed by atoms with Gasteiger partial charge in [0, 0.05) is 41.6 Å². The van der Waals surface area contributed by atoms with E-state index < -0.39 is 34.4 Å². The molecule has 1 aromatic heterocycles. The normalized spacial score (nSPS) is 43.7. The van der Waals surface area contributed by atoms with Crippen LogP contribution in [0.1, 0.15) is 70.2 Å². The first-order valence-electron chi connectivity index (χ1n) is 11.7. The van der Waals surface area contributed by atoms with Crippen molar-refractivity contribution in [1.82, 2.24) is 4.98 Å². The third-order valence-electron chi connectivity index (χ3n) is 9.60. The zero-order valence-electron chi connectivity index (χ0n) is 19.5. The van der Waals surface area contributed by atoms with E-state index in [9.17, 15) is 19.5 Å². The van der Waals surface area contributed by atoms with Gasteiger partial charge in [-0.05, 0) is 42.9 Å². The highest BCUT2D eigenvalue weighted by Crippen LogP contribution is 2.68. The van der Waals surface area contributed by atoms with Crippen LogP contribution in [0.4, 0.5) is 0 Å². The number of hydrogen-bond acceptors (Lipinski definition) is 5. The highest BCUT2D eigenvalue weighted by molar-refractivity contribution is 5.89. The molecule has 3 aliphatic carbocycles. The summed E-state index contributed by atoms with van der Waals surface area (Å²) < 4.78 is 6.12. The minimum absolute atomic E-state index is 0.0557. The van der Waals surface area contributed by atoms with E-state index in [0.717, 1.165) is 19.3 Å². The van der Waals surface area contributed by atoms with Gasteiger partial charge in [-0.1, -0.05) is 33.8 Å². The topological polar surface area (TPSA) is 96.5 Å². The minimum atomic E-state index is -0.715. The number of esters is 1. The van der Waals surface area contributed by atoms with Gasteiger partial charge in [0.2, 0.25) is 0 Å². The molecule has 0 saturated heterocycles. The first-order valence-corrected chi connectivity index (χ1v) is 11.7. The number of ketones is 1. The average molecular weight is 442 g/mol. The molecule has 32 heavy (non-hydrogen) atoms. The lowest BCUT2D eigenvalue weighted by Crippen LogP contribution is -2.63. The average Bonchev–Trinajstić information content (AvgIpc) is 3.12. The molecule has 1 heterocycles. The maximum Gasteiger partial charge on any atom is 0.343 e. The zero-order valence-corrected chi connectivity index (χ0v) is 19.5. The van der Waals surface area contributed by atoms with E-state index in [4.69, 9.17) is 4.74 Å². The highest BCUT2D eigenvalue weighted by atomic mass is 16.5. The third kappa shape index (κ3) is 3.06. The fraction of sp³-hybridized carbons (Fsp3) is 0.654. The molecular formula is C26H35NO5. The van der Waals surface area contributed by atoms with E-state index in [-0.39, 0.29) is 34.5 Å². The van der Waals surface area contributed by atoms with Gasteiger partial charge in [-0.15, -0.1) is 6.58 Å². The van der Waals surface area contributed by atoms with Crippen LogP contribution in [0.2, 0.25) is 0 Å². The molecule has 3 fully saturated rings. The standard InChI is InChI=1S/C26H35NO5/c1-6-24(4)13-20(32-23(31)17-14-27-12-9-18(17)28)25(5)15(2)7-10-26(16(3)22(24)30)11-8-19(29)21(25)26/h6,9,12,14-16,20-22,30H,1,7-8,10-11,13H2,2-5H3,(H,27,28)/t15-,16+,20?,21?,22+,24-,25+,26?/m1/s1. The second-order valence-electron chi connectivity index (χ2n) is 10.9. The third-order valence-corrected chi connectivity index (χ3v) is 9.60. The number of aliphatic hydroxyl groups is 1. The van der Waals surface area contributed by atoms with Crippen LogP contribution in [0.15, 0.2) is 35.9 Å². The molecule has 2 N–H and O–H groups in total. The number of hydrogen-bond donors (Lipinski definition) is 2. The Morgan fingerprint density at radius 1 is 1.28 bits per heavy atom. The van der Waals surface area contributed by atoms with Gasteiger partial charge < -0.3 is 14.8 Å². The summed E-state index contributed by atoms with van der Waals surface area (Å²) in [4.78, 5) is 41.6. The number of carbonyl (C=O) groups excluding carboxylic acids is 2. The Hall–Kier alpha value is -2.21. The van der Waals surface area contributed by atoms with Gasteiger partial charge in [0.1, 0.15) is 17.5 Å². The molecule has 0 radical (unpaired) electrons. The van der Waals surface area contributed by atoms with Crippen molar-refractivity contribution in [3.8, 4) is 0 Å². The highest BCUT2D eigenvalue weighted by Gasteiger charge is 2.68. The molecule has 8 atom stereocenters. The van der Waals surface area contributed by atoms with E-state index in [0.29, 0.717) is 12.8 Å². The van der Waals surface area contributed by atoms with Gasteiger partial charge in [-0.25, -0.2) is 4.79 Å². The number of aromatic nitrogens is 1. The van der Waals surface area contributed by atoms with Gasteiger partial charge in [-0.3, -0.25) is 9.59 Å². The van der Waals surface area contributed by atoms with E-state index in [1.807, 2.05) is 6.92 Å². The van der Waals surface area contributed by atoms with Crippen molar-refractivity contribution < 1.29 is 19.4 Å². The van der Waals surface area contributed by atoms with Crippen LogP contribution >= 0.6 is 0 Å². The number of carbonyl (C=O) groups is 2. The predicted octanol–water partition coefficient (Wildman–Crippen LogP) is 3.90. The van der Waals surface area contributed by atoms with Gasteiger partial charge in [-0.2, -0.15) is 0 Å². The Bertz CT molecular complexity index is 1000.